The zero-order valence-corrected chi connectivity index (χ0v) is 22.8. The highest BCUT2D eigenvalue weighted by atomic mass is 19.1. The van der Waals surface area contributed by atoms with Crippen LogP contribution < -0.4 is 19.5 Å². The summed E-state index contributed by atoms with van der Waals surface area (Å²) in [4.78, 5) is 28.4. The van der Waals surface area contributed by atoms with Gasteiger partial charge in [0.05, 0.1) is 38.8 Å². The molecule has 1 atom stereocenters. The highest BCUT2D eigenvalue weighted by Crippen LogP contribution is 2.31. The number of rotatable bonds is 10. The molecule has 2 amide bonds. The number of aromatic nitrogens is 3. The molecule has 2 saturated heterocycles. The number of carbonyl (C=O) groups excluding carboxylic acids is 2. The molecule has 2 aliphatic rings. The van der Waals surface area contributed by atoms with Crippen LogP contribution in [0.5, 0.6) is 17.4 Å². The lowest BCUT2D eigenvalue weighted by atomic mass is 9.83. The van der Waals surface area contributed by atoms with Crippen LogP contribution in [0.1, 0.15) is 18.9 Å². The zero-order valence-electron chi connectivity index (χ0n) is 22.8. The Morgan fingerprint density at radius 2 is 2.10 bits per heavy atom. The van der Waals surface area contributed by atoms with Gasteiger partial charge >= 0.3 is 0 Å². The van der Waals surface area contributed by atoms with E-state index in [2.05, 4.69) is 15.4 Å². The summed E-state index contributed by atoms with van der Waals surface area (Å²) in [5.74, 6) is 1.50. The van der Waals surface area contributed by atoms with E-state index in [1.54, 1.807) is 49.5 Å². The fourth-order valence-corrected chi connectivity index (χ4v) is 4.27. The number of anilines is 1. The Bertz CT molecular complexity index is 1290. The summed E-state index contributed by atoms with van der Waals surface area (Å²) < 4.78 is 36.6. The molecule has 0 radical (unpaired) electrons. The van der Waals surface area contributed by atoms with E-state index < -0.39 is 0 Å². The fourth-order valence-electron chi connectivity index (χ4n) is 4.27. The van der Waals surface area contributed by atoms with Crippen LogP contribution in [-0.4, -0.2) is 78.1 Å². The molecule has 214 valence electrons. The summed E-state index contributed by atoms with van der Waals surface area (Å²) >= 11 is 0. The predicted molar refractivity (Wildman–Crippen MR) is 144 cm³/mol. The van der Waals surface area contributed by atoms with Gasteiger partial charge in [-0.2, -0.15) is 5.10 Å². The van der Waals surface area contributed by atoms with Crippen LogP contribution in [0.25, 0.3) is 0 Å². The lowest BCUT2D eigenvalue weighted by molar-refractivity contribution is -0.145. The van der Waals surface area contributed by atoms with Crippen molar-refractivity contribution in [2.45, 2.75) is 32.9 Å². The Hall–Kier alpha value is -4.19. The molecule has 0 aliphatic carbocycles. The van der Waals surface area contributed by atoms with Gasteiger partial charge in [-0.3, -0.25) is 14.3 Å². The smallest absolute Gasteiger partial charge is 0.244 e. The monoisotopic (exact) mass is 555 g/mol. The van der Waals surface area contributed by atoms with Crippen molar-refractivity contribution in [3.05, 3.63) is 60.3 Å². The first-order valence-corrected chi connectivity index (χ1v) is 12.9. The third-order valence-electron chi connectivity index (χ3n) is 6.49. The normalized spacial score (nSPS) is 17.2. The molecule has 2 fully saturated rings. The van der Waals surface area contributed by atoms with Crippen molar-refractivity contribution in [1.82, 2.24) is 19.7 Å². The summed E-state index contributed by atoms with van der Waals surface area (Å²) in [6.45, 7) is 6.85. The van der Waals surface area contributed by atoms with Gasteiger partial charge in [-0.1, -0.05) is 13.0 Å². The number of halogens is 1. The maximum Gasteiger partial charge on any atom is 0.244 e. The van der Waals surface area contributed by atoms with Gasteiger partial charge < -0.3 is 29.2 Å². The zero-order chi connectivity index (χ0) is 28.5. The lowest BCUT2D eigenvalue weighted by Crippen LogP contribution is -2.60. The average molecular weight is 556 g/mol. The number of carbonyl (C=O) groups is 2. The third kappa shape index (κ3) is 7.92. The molecule has 1 aromatic carbocycles. The van der Waals surface area contributed by atoms with Gasteiger partial charge in [0, 0.05) is 49.5 Å². The van der Waals surface area contributed by atoms with E-state index >= 15 is 0 Å². The van der Waals surface area contributed by atoms with E-state index in [1.807, 2.05) is 13.0 Å². The number of likely N-dealkylation sites (tertiary alicyclic amines) is 1. The number of hydrogen-bond acceptors (Lipinski definition) is 8. The fraction of sp³-hybridized carbons (Fsp3) is 0.429. The molecule has 2 aliphatic heterocycles. The Labute approximate surface area is 232 Å². The Balaban J connectivity index is 0.000000222. The van der Waals surface area contributed by atoms with Crippen molar-refractivity contribution in [2.75, 3.05) is 45.3 Å². The standard InChI is InChI=1S/C18H21FN4O3.C10H13NO3/c1-13-3-4-15(5-16(13)19)26-11-18(2)9-22(10-18)17(25)8-23-7-14(6-21-23)20-12-24;1-12-10-6-8(2-4-11-10)14-9-3-5-13-7-9/h3-7,12H,8-11H2,1-2H3,(H,20,24);2,4,6,9H,3,5,7H2,1H3. The van der Waals surface area contributed by atoms with Gasteiger partial charge in [0.15, 0.2) is 0 Å². The molecular formula is C28H34FN5O6. The van der Waals surface area contributed by atoms with Crippen molar-refractivity contribution >= 4 is 18.0 Å². The molecule has 3 aromatic rings. The SMILES string of the molecule is COc1cc(OC2CCOC2)ccn1.Cc1ccc(OCC2(C)CN(C(=O)Cn3cc(NC=O)cn3)C2)cc1F. The van der Waals surface area contributed by atoms with Crippen molar-refractivity contribution in [2.24, 2.45) is 5.41 Å². The largest absolute Gasteiger partial charge is 0.493 e. The van der Waals surface area contributed by atoms with E-state index in [1.165, 1.54) is 16.9 Å². The summed E-state index contributed by atoms with van der Waals surface area (Å²) in [5.41, 5.74) is 0.958. The molecular weight excluding hydrogens is 521 g/mol. The number of hydrogen-bond donors (Lipinski definition) is 1. The minimum Gasteiger partial charge on any atom is -0.493 e. The van der Waals surface area contributed by atoms with Crippen LogP contribution in [0.4, 0.5) is 10.1 Å². The van der Waals surface area contributed by atoms with Gasteiger partial charge in [0.25, 0.3) is 0 Å². The van der Waals surface area contributed by atoms with Crippen LogP contribution in [0.15, 0.2) is 48.9 Å². The second-order valence-corrected chi connectivity index (χ2v) is 10.1. The van der Waals surface area contributed by atoms with Crippen LogP contribution in [-0.2, 0) is 20.9 Å². The van der Waals surface area contributed by atoms with Gasteiger partial charge in [-0.25, -0.2) is 9.37 Å². The second-order valence-electron chi connectivity index (χ2n) is 10.1. The minimum absolute atomic E-state index is 0.0513. The number of aryl methyl sites for hydroxylation is 1. The summed E-state index contributed by atoms with van der Waals surface area (Å²) in [6.07, 6.45) is 6.43. The minimum atomic E-state index is -0.291. The van der Waals surface area contributed by atoms with Crippen LogP contribution in [0.3, 0.4) is 0 Å². The first-order valence-electron chi connectivity index (χ1n) is 12.9. The number of amides is 2. The third-order valence-corrected chi connectivity index (χ3v) is 6.49. The second kappa shape index (κ2) is 13.2. The number of nitrogens with one attached hydrogen (secondary N) is 1. The molecule has 11 nitrogen and oxygen atoms in total. The maximum atomic E-state index is 13.6. The quantitative estimate of drug-likeness (QED) is 0.380. The molecule has 0 saturated carbocycles. The first-order chi connectivity index (χ1) is 19.3. The van der Waals surface area contributed by atoms with E-state index in [4.69, 9.17) is 18.9 Å². The molecule has 1 unspecified atom stereocenters. The van der Waals surface area contributed by atoms with E-state index in [0.29, 0.717) is 55.6 Å². The van der Waals surface area contributed by atoms with E-state index in [0.717, 1.165) is 18.8 Å². The van der Waals surface area contributed by atoms with Gasteiger partial charge in [0.1, 0.15) is 30.0 Å². The maximum absolute atomic E-state index is 13.6. The summed E-state index contributed by atoms with van der Waals surface area (Å²) in [7, 11) is 1.59. The molecule has 5 rings (SSSR count). The number of pyridine rings is 1. The number of methoxy groups -OCH3 is 1. The number of ether oxygens (including phenoxy) is 4. The summed E-state index contributed by atoms with van der Waals surface area (Å²) in [5, 5.41) is 6.51. The highest BCUT2D eigenvalue weighted by molar-refractivity contribution is 5.77. The molecule has 0 bridgehead atoms. The Morgan fingerprint density at radius 1 is 1.27 bits per heavy atom. The average Bonchev–Trinajstić information content (AvgIpc) is 3.60. The van der Waals surface area contributed by atoms with Crippen LogP contribution >= 0.6 is 0 Å². The number of nitrogens with zero attached hydrogens (tertiary/aromatic N) is 4. The van der Waals surface area contributed by atoms with Crippen molar-refractivity contribution in [3.63, 3.8) is 0 Å². The van der Waals surface area contributed by atoms with Gasteiger partial charge in [0.2, 0.25) is 18.2 Å². The lowest BCUT2D eigenvalue weighted by Gasteiger charge is -2.47. The van der Waals surface area contributed by atoms with Gasteiger partial charge in [-0.15, -0.1) is 0 Å². The molecule has 0 spiro atoms. The Kier molecular flexibility index (Phi) is 9.54. The topological polar surface area (TPSA) is 117 Å². The van der Waals surface area contributed by atoms with Crippen molar-refractivity contribution in [3.8, 4) is 17.4 Å². The van der Waals surface area contributed by atoms with Crippen molar-refractivity contribution < 1.29 is 32.9 Å². The van der Waals surface area contributed by atoms with Gasteiger partial charge in [-0.05, 0) is 24.6 Å². The molecule has 1 N–H and O–H groups in total. The number of benzene rings is 1. The van der Waals surface area contributed by atoms with E-state index in [9.17, 15) is 14.0 Å². The Morgan fingerprint density at radius 3 is 2.80 bits per heavy atom. The molecule has 40 heavy (non-hydrogen) atoms. The highest BCUT2D eigenvalue weighted by Gasteiger charge is 2.42. The first kappa shape index (κ1) is 28.8. The summed E-state index contributed by atoms with van der Waals surface area (Å²) in [6, 6.07) is 8.40. The van der Waals surface area contributed by atoms with Crippen molar-refractivity contribution in [1.29, 1.82) is 0 Å². The van der Waals surface area contributed by atoms with Crippen LogP contribution in [0.2, 0.25) is 0 Å². The molecule has 2 aromatic heterocycles. The molecule has 4 heterocycles. The van der Waals surface area contributed by atoms with Crippen LogP contribution in [0, 0.1) is 18.2 Å². The van der Waals surface area contributed by atoms with E-state index in [-0.39, 0.29) is 29.8 Å². The predicted octanol–water partition coefficient (Wildman–Crippen LogP) is 3.08. The molecule has 12 heteroatoms.